The summed E-state index contributed by atoms with van der Waals surface area (Å²) >= 11 is 2.36. The molecule has 2 aliphatic heterocycles. The van der Waals surface area contributed by atoms with Gasteiger partial charge < -0.3 is 24.6 Å². The van der Waals surface area contributed by atoms with Gasteiger partial charge in [0.1, 0.15) is 18.4 Å². The van der Waals surface area contributed by atoms with Gasteiger partial charge in [-0.1, -0.05) is 75.4 Å². The number of benzene rings is 4. The minimum absolute atomic E-state index is 0.0881. The number of halogens is 1. The maximum Gasteiger partial charge on any atom is 0.326 e. The lowest BCUT2D eigenvalue weighted by atomic mass is 9.89. The van der Waals surface area contributed by atoms with Gasteiger partial charge in [0.2, 0.25) is 5.91 Å². The van der Waals surface area contributed by atoms with E-state index in [2.05, 4.69) is 76.8 Å². The lowest BCUT2D eigenvalue weighted by Gasteiger charge is -2.42. The van der Waals surface area contributed by atoms with Gasteiger partial charge in [-0.3, -0.25) is 14.7 Å². The number of hydrogen-bond donors (Lipinski definition) is 2. The van der Waals surface area contributed by atoms with Gasteiger partial charge in [-0.05, 0) is 143 Å². The number of rotatable bonds is 14. The normalized spacial score (nSPS) is 17.3. The zero-order valence-electron chi connectivity index (χ0n) is 33.8. The third-order valence-corrected chi connectivity index (χ3v) is 12.7. The first kappa shape index (κ1) is 41.2. The average Bonchev–Trinajstić information content (AvgIpc) is 3.23. The van der Waals surface area contributed by atoms with E-state index in [0.717, 1.165) is 78.8 Å². The van der Waals surface area contributed by atoms with E-state index in [1.54, 1.807) is 6.20 Å². The molecule has 302 valence electrons. The summed E-state index contributed by atoms with van der Waals surface area (Å²) in [6.07, 6.45) is 4.92. The molecule has 4 aromatic carbocycles. The summed E-state index contributed by atoms with van der Waals surface area (Å²) in [5.41, 5.74) is 9.20. The smallest absolute Gasteiger partial charge is 0.326 e. The van der Waals surface area contributed by atoms with E-state index in [9.17, 15) is 14.7 Å². The van der Waals surface area contributed by atoms with Crippen molar-refractivity contribution in [1.82, 2.24) is 15.2 Å². The highest BCUT2D eigenvalue weighted by Crippen LogP contribution is 2.43. The van der Waals surface area contributed by atoms with Gasteiger partial charge in [0.05, 0.1) is 12.1 Å². The predicted octanol–water partition coefficient (Wildman–Crippen LogP) is 9.74. The third kappa shape index (κ3) is 9.03. The molecule has 2 N–H and O–H groups in total. The van der Waals surface area contributed by atoms with E-state index in [-0.39, 0.29) is 30.6 Å². The SMILES string of the molecule is CCC(CC)Oc1ccc([C@H]2COc3cc4c(cc3O2)CN([C@@H](CC)c2ccccc2I)[C@H](C(=O)NC(Cc2ccc(-c3ccnc(C)c3C)cc2)C(=O)O)C4)cc1. The largest absolute Gasteiger partial charge is 0.490 e. The number of hydrogen-bond acceptors (Lipinski definition) is 7. The van der Waals surface area contributed by atoms with Crippen LogP contribution in [0.4, 0.5) is 0 Å². The molecular formula is C48H52IN3O6. The summed E-state index contributed by atoms with van der Waals surface area (Å²) in [5, 5.41) is 13.4. The van der Waals surface area contributed by atoms with E-state index in [1.165, 1.54) is 0 Å². The number of aryl methyl sites for hydroxylation is 1. The summed E-state index contributed by atoms with van der Waals surface area (Å²) < 4.78 is 20.2. The van der Waals surface area contributed by atoms with Crippen molar-refractivity contribution in [2.45, 2.75) is 104 Å². The van der Waals surface area contributed by atoms with Gasteiger partial charge in [-0.15, -0.1) is 0 Å². The van der Waals surface area contributed by atoms with E-state index in [1.807, 2.05) is 86.6 Å². The number of carbonyl (C=O) groups is 2. The third-order valence-electron chi connectivity index (χ3n) is 11.7. The van der Waals surface area contributed by atoms with Gasteiger partial charge in [-0.2, -0.15) is 0 Å². The summed E-state index contributed by atoms with van der Waals surface area (Å²) in [4.78, 5) is 33.8. The van der Waals surface area contributed by atoms with Crippen LogP contribution < -0.4 is 19.5 Å². The van der Waals surface area contributed by atoms with E-state index in [0.29, 0.717) is 31.1 Å². The van der Waals surface area contributed by atoms with Crippen LogP contribution in [-0.4, -0.2) is 51.7 Å². The van der Waals surface area contributed by atoms with Gasteiger partial charge in [-0.25, -0.2) is 4.79 Å². The van der Waals surface area contributed by atoms with Crippen LogP contribution in [0.2, 0.25) is 0 Å². The molecule has 3 heterocycles. The number of amides is 1. The summed E-state index contributed by atoms with van der Waals surface area (Å²) in [6, 6.07) is 28.4. The maximum atomic E-state index is 14.5. The molecule has 0 spiro atoms. The number of aliphatic carboxylic acids is 1. The average molecular weight is 894 g/mol. The second kappa shape index (κ2) is 18.3. The molecule has 1 amide bonds. The van der Waals surface area contributed by atoms with Crippen LogP contribution in [0.5, 0.6) is 17.2 Å². The Balaban J connectivity index is 1.13. The topological polar surface area (TPSA) is 110 Å². The van der Waals surface area contributed by atoms with Crippen molar-refractivity contribution >= 4 is 34.5 Å². The maximum absolute atomic E-state index is 14.5. The summed E-state index contributed by atoms with van der Waals surface area (Å²) in [6.45, 7) is 11.3. The Bertz CT molecular complexity index is 2240. The van der Waals surface area contributed by atoms with Gasteiger partial charge in [0, 0.05) is 34.5 Å². The van der Waals surface area contributed by atoms with Crippen LogP contribution in [0.15, 0.2) is 97.2 Å². The fourth-order valence-electron chi connectivity index (χ4n) is 8.17. The molecule has 0 aliphatic carbocycles. The Hall–Kier alpha value is -4.94. The van der Waals surface area contributed by atoms with Crippen molar-refractivity contribution in [3.63, 3.8) is 0 Å². The first-order valence-electron chi connectivity index (χ1n) is 20.3. The monoisotopic (exact) mass is 893 g/mol. The lowest BCUT2D eigenvalue weighted by Crippen LogP contribution is -2.55. The molecule has 0 bridgehead atoms. The van der Waals surface area contributed by atoms with Crippen LogP contribution in [0.25, 0.3) is 11.1 Å². The first-order chi connectivity index (χ1) is 28.1. The molecule has 0 saturated carbocycles. The number of nitrogens with zero attached hydrogens (tertiary/aromatic N) is 2. The van der Waals surface area contributed by atoms with Crippen molar-refractivity contribution in [1.29, 1.82) is 0 Å². The number of aromatic nitrogens is 1. The van der Waals surface area contributed by atoms with E-state index < -0.39 is 18.1 Å². The van der Waals surface area contributed by atoms with Gasteiger partial charge in [0.25, 0.3) is 0 Å². The molecule has 7 rings (SSSR count). The van der Waals surface area contributed by atoms with Crippen molar-refractivity contribution in [3.8, 4) is 28.4 Å². The fraction of sp³-hybridized carbons (Fsp3) is 0.354. The minimum atomic E-state index is -1.11. The zero-order valence-corrected chi connectivity index (χ0v) is 36.0. The number of ether oxygens (including phenoxy) is 3. The Morgan fingerprint density at radius 3 is 2.34 bits per heavy atom. The summed E-state index contributed by atoms with van der Waals surface area (Å²) in [7, 11) is 0. The predicted molar refractivity (Wildman–Crippen MR) is 234 cm³/mol. The van der Waals surface area contributed by atoms with Crippen LogP contribution >= 0.6 is 22.6 Å². The fourth-order valence-corrected chi connectivity index (χ4v) is 8.92. The highest BCUT2D eigenvalue weighted by atomic mass is 127. The highest BCUT2D eigenvalue weighted by molar-refractivity contribution is 14.1. The molecule has 0 saturated heterocycles. The second-order valence-corrected chi connectivity index (χ2v) is 16.5. The Kier molecular flexibility index (Phi) is 13.0. The molecule has 0 fully saturated rings. The van der Waals surface area contributed by atoms with Crippen LogP contribution in [0.3, 0.4) is 0 Å². The van der Waals surface area contributed by atoms with Gasteiger partial charge >= 0.3 is 5.97 Å². The standard InChI is InChI=1S/C48H52IN3O6/c1-6-36(7-2)57-37-19-17-33(18-20-37)46-28-56-44-25-34-24-43(52(27-35(34)26-45(44)58-46)42(8-3)39-11-9-10-12-40(39)49)47(53)51-41(48(54)55)23-31-13-15-32(16-14-31)38-21-22-50-30(5)29(38)4/h9-22,25-26,36,41-43,46H,6-8,23-24,27-28H2,1-5H3,(H,51,53)(H,54,55)/t41?,42-,43-,46+/m0/s1. The summed E-state index contributed by atoms with van der Waals surface area (Å²) in [5.74, 6) is 0.770. The van der Waals surface area contributed by atoms with Gasteiger partial charge in [0.15, 0.2) is 17.6 Å². The number of carboxylic acids is 1. The lowest BCUT2D eigenvalue weighted by molar-refractivity contribution is -0.143. The molecule has 10 heteroatoms. The molecule has 5 aromatic rings. The van der Waals surface area contributed by atoms with Crippen molar-refractivity contribution in [2.24, 2.45) is 0 Å². The van der Waals surface area contributed by atoms with E-state index in [4.69, 9.17) is 14.2 Å². The number of fused-ring (bicyclic) bond motifs is 2. The Morgan fingerprint density at radius 1 is 0.931 bits per heavy atom. The van der Waals surface area contributed by atoms with Crippen molar-refractivity contribution in [3.05, 3.63) is 140 Å². The first-order valence-corrected chi connectivity index (χ1v) is 21.4. The Morgan fingerprint density at radius 2 is 1.66 bits per heavy atom. The quantitative estimate of drug-likeness (QED) is 0.106. The number of nitrogens with one attached hydrogen (secondary N) is 1. The number of carbonyl (C=O) groups excluding carboxylic acids is 1. The molecule has 9 nitrogen and oxygen atoms in total. The minimum Gasteiger partial charge on any atom is -0.490 e. The van der Waals surface area contributed by atoms with E-state index >= 15 is 0 Å². The zero-order chi connectivity index (χ0) is 40.9. The van der Waals surface area contributed by atoms with Crippen molar-refractivity contribution in [2.75, 3.05) is 6.61 Å². The molecule has 2 aliphatic rings. The van der Waals surface area contributed by atoms with Crippen LogP contribution in [0, 0.1) is 17.4 Å². The highest BCUT2D eigenvalue weighted by Gasteiger charge is 2.39. The number of carboxylic acid groups (broad SMARTS) is 1. The van der Waals surface area contributed by atoms with Crippen LogP contribution in [0.1, 0.15) is 91.3 Å². The molecule has 1 aromatic heterocycles. The second-order valence-electron chi connectivity index (χ2n) is 15.3. The Labute approximate surface area is 355 Å². The number of pyridine rings is 1. The van der Waals surface area contributed by atoms with Crippen molar-refractivity contribution < 1.29 is 28.9 Å². The molecule has 1 unspecified atom stereocenters. The molecule has 58 heavy (non-hydrogen) atoms. The molecule has 0 radical (unpaired) electrons. The van der Waals surface area contributed by atoms with Crippen LogP contribution in [-0.2, 0) is 29.0 Å². The molecular weight excluding hydrogens is 841 g/mol. The molecule has 4 atom stereocenters.